The van der Waals surface area contributed by atoms with E-state index in [4.69, 9.17) is 9.47 Å². The average molecular weight is 467 g/mol. The molecule has 33 heavy (non-hydrogen) atoms. The molecule has 2 aromatic carbocycles. The number of hydrogen-bond donors (Lipinski definition) is 0. The number of benzene rings is 2. The maximum atomic E-state index is 13.2. The number of non-ortho nitro benzene ring substituents is 1. The molecule has 3 aromatic rings. The molecule has 0 fully saturated rings. The fraction of sp³-hybridized carbons (Fsp3) is 0.250. The molecular formula is C24H22N2O6S. The Hall–Kier alpha value is -3.56. The minimum Gasteiger partial charge on any atom is -0.466 e. The number of carbonyl (C=O) groups excluding carboxylic acids is 2. The number of carbonyl (C=O) groups is 2. The normalized spacial score (nSPS) is 18.6. The van der Waals surface area contributed by atoms with Crippen molar-refractivity contribution in [2.45, 2.75) is 12.0 Å². The standard InChI is InChI=1S/C24H22N2O6S/c1-25-13-12-18-17-6-4-5-7-20(17)33-22(18)24(25,15-8-10-16(11-9-15)26(29)30)19(23(28)32-3)14-21(27)31-2/h4-11,14H,12-13H2,1-3H3/b19-14+. The summed E-state index contributed by atoms with van der Waals surface area (Å²) in [5.74, 6) is -1.38. The molecule has 9 heteroatoms. The Bertz CT molecular complexity index is 1280. The SMILES string of the molecule is COC(=O)/C=C(\C(=O)OC)C1(c2ccc([N+](=O)[O-])cc2)c2sc3ccccc3c2CCN1C. The second-order valence-electron chi connectivity index (χ2n) is 7.66. The lowest BCUT2D eigenvalue weighted by atomic mass is 9.75. The van der Waals surface area contributed by atoms with Crippen LogP contribution in [0.1, 0.15) is 16.0 Å². The molecule has 2 heterocycles. The Labute approximate surface area is 194 Å². The number of ether oxygens (including phenoxy) is 2. The van der Waals surface area contributed by atoms with Crippen LogP contribution in [0.25, 0.3) is 10.1 Å². The number of rotatable bonds is 5. The second-order valence-corrected chi connectivity index (χ2v) is 8.72. The highest BCUT2D eigenvalue weighted by molar-refractivity contribution is 7.19. The highest BCUT2D eigenvalue weighted by atomic mass is 32.1. The van der Waals surface area contributed by atoms with E-state index in [1.165, 1.54) is 37.7 Å². The molecule has 1 unspecified atom stereocenters. The third-order valence-electron chi connectivity index (χ3n) is 6.05. The number of fused-ring (bicyclic) bond motifs is 3. The highest BCUT2D eigenvalue weighted by Gasteiger charge is 2.50. The van der Waals surface area contributed by atoms with Crippen LogP contribution in [0, 0.1) is 10.1 Å². The van der Waals surface area contributed by atoms with Crippen LogP contribution in [0.4, 0.5) is 5.69 Å². The number of nitro benzene ring substituents is 1. The van der Waals surface area contributed by atoms with Crippen LogP contribution in [-0.4, -0.2) is 49.6 Å². The van der Waals surface area contributed by atoms with Crippen molar-refractivity contribution in [3.63, 3.8) is 0 Å². The molecule has 0 bridgehead atoms. The van der Waals surface area contributed by atoms with E-state index in [0.717, 1.165) is 33.0 Å². The predicted molar refractivity (Wildman–Crippen MR) is 124 cm³/mol. The van der Waals surface area contributed by atoms with Gasteiger partial charge in [-0.2, -0.15) is 0 Å². The van der Waals surface area contributed by atoms with Gasteiger partial charge in [-0.15, -0.1) is 11.3 Å². The molecule has 1 aliphatic heterocycles. The van der Waals surface area contributed by atoms with Crippen molar-refractivity contribution >= 4 is 39.0 Å². The lowest BCUT2D eigenvalue weighted by Crippen LogP contribution is -2.52. The molecule has 4 rings (SSSR count). The second kappa shape index (κ2) is 8.76. The van der Waals surface area contributed by atoms with Crippen LogP contribution in [-0.2, 0) is 31.0 Å². The van der Waals surface area contributed by atoms with Crippen molar-refractivity contribution in [1.82, 2.24) is 4.90 Å². The lowest BCUT2D eigenvalue weighted by molar-refractivity contribution is -0.384. The van der Waals surface area contributed by atoms with E-state index < -0.39 is 22.4 Å². The van der Waals surface area contributed by atoms with Gasteiger partial charge in [0.15, 0.2) is 0 Å². The molecule has 0 spiro atoms. The van der Waals surface area contributed by atoms with Crippen LogP contribution in [0.2, 0.25) is 0 Å². The summed E-state index contributed by atoms with van der Waals surface area (Å²) in [6.45, 7) is 0.584. The summed E-state index contributed by atoms with van der Waals surface area (Å²) in [5.41, 5.74) is 0.504. The summed E-state index contributed by atoms with van der Waals surface area (Å²) < 4.78 is 11.0. The topological polar surface area (TPSA) is 99.0 Å². The highest BCUT2D eigenvalue weighted by Crippen LogP contribution is 2.51. The minimum atomic E-state index is -1.20. The van der Waals surface area contributed by atoms with Crippen LogP contribution in [0.5, 0.6) is 0 Å². The first-order chi connectivity index (χ1) is 15.8. The Morgan fingerprint density at radius 3 is 2.45 bits per heavy atom. The Morgan fingerprint density at radius 2 is 1.82 bits per heavy atom. The molecule has 1 aromatic heterocycles. The molecule has 0 N–H and O–H groups in total. The summed E-state index contributed by atoms with van der Waals surface area (Å²) in [4.78, 5) is 39.2. The Kier molecular flexibility index (Phi) is 6.01. The van der Waals surface area contributed by atoms with Gasteiger partial charge < -0.3 is 9.47 Å². The van der Waals surface area contributed by atoms with Crippen molar-refractivity contribution in [1.29, 1.82) is 0 Å². The van der Waals surface area contributed by atoms with Gasteiger partial charge in [0.1, 0.15) is 5.54 Å². The Morgan fingerprint density at radius 1 is 1.12 bits per heavy atom. The first kappa shape index (κ1) is 22.6. The van der Waals surface area contributed by atoms with Gasteiger partial charge in [0.05, 0.1) is 24.7 Å². The zero-order chi connectivity index (χ0) is 23.8. The molecule has 0 radical (unpaired) electrons. The number of nitrogens with zero attached hydrogens (tertiary/aromatic N) is 2. The van der Waals surface area contributed by atoms with E-state index in [-0.39, 0.29) is 11.3 Å². The summed E-state index contributed by atoms with van der Waals surface area (Å²) in [6.07, 6.45) is 1.90. The molecule has 0 saturated carbocycles. The molecular weight excluding hydrogens is 444 g/mol. The lowest BCUT2D eigenvalue weighted by Gasteiger charge is -2.46. The quantitative estimate of drug-likeness (QED) is 0.244. The molecule has 8 nitrogen and oxygen atoms in total. The van der Waals surface area contributed by atoms with Crippen molar-refractivity contribution in [3.05, 3.63) is 86.3 Å². The van der Waals surface area contributed by atoms with Crippen LogP contribution < -0.4 is 0 Å². The summed E-state index contributed by atoms with van der Waals surface area (Å²) >= 11 is 1.53. The fourth-order valence-electron chi connectivity index (χ4n) is 4.52. The van der Waals surface area contributed by atoms with Gasteiger partial charge >= 0.3 is 11.9 Å². The predicted octanol–water partition coefficient (Wildman–Crippen LogP) is 3.81. The van der Waals surface area contributed by atoms with Gasteiger partial charge in [-0.3, -0.25) is 15.0 Å². The van der Waals surface area contributed by atoms with Gasteiger partial charge in [0.2, 0.25) is 0 Å². The van der Waals surface area contributed by atoms with E-state index in [9.17, 15) is 19.7 Å². The van der Waals surface area contributed by atoms with Crippen molar-refractivity contribution in [3.8, 4) is 0 Å². The molecule has 170 valence electrons. The van der Waals surface area contributed by atoms with Gasteiger partial charge in [0, 0.05) is 34.3 Å². The number of nitro groups is 1. The summed E-state index contributed by atoms with van der Waals surface area (Å²) in [5, 5.41) is 12.4. The molecule has 0 saturated heterocycles. The van der Waals surface area contributed by atoms with E-state index in [1.807, 2.05) is 36.2 Å². The first-order valence-electron chi connectivity index (χ1n) is 10.2. The number of methoxy groups -OCH3 is 2. The zero-order valence-corrected chi connectivity index (χ0v) is 19.2. The van der Waals surface area contributed by atoms with Gasteiger partial charge in [-0.25, -0.2) is 9.59 Å². The zero-order valence-electron chi connectivity index (χ0n) is 18.4. The van der Waals surface area contributed by atoms with Crippen LogP contribution in [0.15, 0.2) is 60.2 Å². The van der Waals surface area contributed by atoms with Gasteiger partial charge in [0.25, 0.3) is 5.69 Å². The molecule has 0 amide bonds. The van der Waals surface area contributed by atoms with E-state index >= 15 is 0 Å². The third kappa shape index (κ3) is 3.59. The van der Waals surface area contributed by atoms with Crippen molar-refractivity contribution in [2.24, 2.45) is 0 Å². The smallest absolute Gasteiger partial charge is 0.336 e. The first-order valence-corrected chi connectivity index (χ1v) is 11.0. The van der Waals surface area contributed by atoms with Crippen molar-refractivity contribution < 1.29 is 24.0 Å². The average Bonchev–Trinajstić information content (AvgIpc) is 3.21. The van der Waals surface area contributed by atoms with E-state index in [0.29, 0.717) is 12.1 Å². The van der Waals surface area contributed by atoms with E-state index in [1.54, 1.807) is 12.1 Å². The minimum absolute atomic E-state index is 0.0690. The number of hydrogen-bond acceptors (Lipinski definition) is 8. The summed E-state index contributed by atoms with van der Waals surface area (Å²) in [7, 11) is 4.36. The van der Waals surface area contributed by atoms with Gasteiger partial charge in [-0.1, -0.05) is 18.2 Å². The molecule has 1 atom stereocenters. The maximum Gasteiger partial charge on any atom is 0.336 e. The largest absolute Gasteiger partial charge is 0.466 e. The third-order valence-corrected chi connectivity index (χ3v) is 7.37. The number of likely N-dealkylation sites (N-methyl/N-ethyl adjacent to an activating group) is 1. The van der Waals surface area contributed by atoms with Crippen molar-refractivity contribution in [2.75, 3.05) is 27.8 Å². The maximum absolute atomic E-state index is 13.2. The number of esters is 2. The van der Waals surface area contributed by atoms with Gasteiger partial charge in [-0.05, 0) is 48.2 Å². The van der Waals surface area contributed by atoms with Crippen LogP contribution in [0.3, 0.4) is 0 Å². The molecule has 0 aliphatic carbocycles. The monoisotopic (exact) mass is 466 g/mol. The fourth-order valence-corrected chi connectivity index (χ4v) is 6.05. The number of thiophene rings is 1. The van der Waals surface area contributed by atoms with E-state index in [2.05, 4.69) is 0 Å². The van der Waals surface area contributed by atoms with Crippen LogP contribution >= 0.6 is 11.3 Å². The summed E-state index contributed by atoms with van der Waals surface area (Å²) in [6, 6.07) is 14.0. The Balaban J connectivity index is 2.12. The molecule has 1 aliphatic rings.